The number of piperidine rings is 1. The number of carbonyl (C=O) groups is 4. The number of hydrogen-bond acceptors (Lipinski definition) is 10. The first kappa shape index (κ1) is 48.7. The molecule has 0 saturated carbocycles. The van der Waals surface area contributed by atoms with E-state index >= 15 is 4.79 Å². The fourth-order valence-corrected chi connectivity index (χ4v) is 9.77. The van der Waals surface area contributed by atoms with Crippen LogP contribution >= 0.6 is 11.3 Å². The minimum atomic E-state index is -0.719. The van der Waals surface area contributed by atoms with Crippen LogP contribution in [0.3, 0.4) is 0 Å². The van der Waals surface area contributed by atoms with Crippen molar-refractivity contribution in [1.29, 1.82) is 0 Å². The molecule has 0 spiro atoms. The van der Waals surface area contributed by atoms with Crippen LogP contribution in [-0.4, -0.2) is 103 Å². The van der Waals surface area contributed by atoms with E-state index in [1.54, 1.807) is 12.3 Å². The second-order valence-electron chi connectivity index (χ2n) is 17.0. The molecular formula is C49H71N5O7S. The van der Waals surface area contributed by atoms with E-state index < -0.39 is 30.3 Å². The number of nitrogens with one attached hydrogen (secondary N) is 2. The summed E-state index contributed by atoms with van der Waals surface area (Å²) in [6.45, 7) is 17.3. The molecule has 2 aliphatic rings. The number of likely N-dealkylation sites (tertiary alicyclic amines) is 1. The van der Waals surface area contributed by atoms with Crippen molar-refractivity contribution in [3.8, 4) is 11.1 Å². The van der Waals surface area contributed by atoms with Crippen LogP contribution in [-0.2, 0) is 23.8 Å². The number of hydrogen-bond donors (Lipinski definition) is 2. The third kappa shape index (κ3) is 12.7. The Morgan fingerprint density at radius 2 is 1.61 bits per heavy atom. The fraction of sp³-hybridized carbons (Fsp3) is 0.612. The van der Waals surface area contributed by atoms with Crippen molar-refractivity contribution in [3.05, 3.63) is 75.7 Å². The number of benzene rings is 2. The zero-order chi connectivity index (χ0) is 44.6. The van der Waals surface area contributed by atoms with Crippen LogP contribution < -0.4 is 10.6 Å². The molecule has 2 heterocycles. The van der Waals surface area contributed by atoms with Gasteiger partial charge in [0.05, 0.1) is 12.6 Å². The molecule has 4 unspecified atom stereocenters. The molecule has 0 bridgehead atoms. The Bertz CT molecular complexity index is 1860. The molecule has 5 atom stereocenters. The predicted octanol–water partition coefficient (Wildman–Crippen LogP) is 9.15. The van der Waals surface area contributed by atoms with Gasteiger partial charge < -0.3 is 29.7 Å². The molecule has 1 fully saturated rings. The quantitative estimate of drug-likeness (QED) is 0.0667. The van der Waals surface area contributed by atoms with Gasteiger partial charge in [0.25, 0.3) is 0 Å². The molecule has 1 saturated heterocycles. The van der Waals surface area contributed by atoms with Gasteiger partial charge in [0.2, 0.25) is 11.8 Å². The summed E-state index contributed by atoms with van der Waals surface area (Å²) >= 11 is 1.37. The van der Waals surface area contributed by atoms with Gasteiger partial charge in [-0.1, -0.05) is 115 Å². The molecule has 1 aliphatic heterocycles. The van der Waals surface area contributed by atoms with E-state index in [4.69, 9.17) is 14.2 Å². The minimum absolute atomic E-state index is 0.0253. The highest BCUT2D eigenvalue weighted by Crippen LogP contribution is 2.44. The van der Waals surface area contributed by atoms with E-state index in [9.17, 15) is 14.4 Å². The van der Waals surface area contributed by atoms with Gasteiger partial charge >= 0.3 is 12.1 Å². The van der Waals surface area contributed by atoms with Gasteiger partial charge in [-0.05, 0) is 73.7 Å². The van der Waals surface area contributed by atoms with Crippen molar-refractivity contribution < 1.29 is 33.4 Å². The van der Waals surface area contributed by atoms with Gasteiger partial charge in [-0.2, -0.15) is 0 Å². The largest absolute Gasteiger partial charge is 0.461 e. The molecule has 3 amide bonds. The maximum absolute atomic E-state index is 15.1. The zero-order valence-electron chi connectivity index (χ0n) is 38.2. The Morgan fingerprint density at radius 1 is 0.903 bits per heavy atom. The maximum atomic E-state index is 15.1. The molecule has 2 N–H and O–H groups in total. The van der Waals surface area contributed by atoms with Crippen LogP contribution in [0.2, 0.25) is 0 Å². The first-order valence-electron chi connectivity index (χ1n) is 23.2. The maximum Gasteiger partial charge on any atom is 0.407 e. The van der Waals surface area contributed by atoms with Gasteiger partial charge in [0.15, 0.2) is 5.69 Å². The molecule has 3 aromatic rings. The van der Waals surface area contributed by atoms with Crippen molar-refractivity contribution in [2.75, 3.05) is 46.0 Å². The number of fused-ring (bicyclic) bond motifs is 3. The van der Waals surface area contributed by atoms with Gasteiger partial charge in [0.1, 0.15) is 23.8 Å². The summed E-state index contributed by atoms with van der Waals surface area (Å²) in [5, 5.41) is 8.59. The van der Waals surface area contributed by atoms with Crippen molar-refractivity contribution >= 4 is 35.2 Å². The van der Waals surface area contributed by atoms with Crippen LogP contribution in [0.25, 0.3) is 11.1 Å². The number of rotatable bonds is 24. The smallest absolute Gasteiger partial charge is 0.407 e. The standard InChI is InChI=1S/C49H71N5O7S/c1-8-12-13-19-28-54(42(33(5)6)30-43(59-10-3)46-51-40(32-62-46)48(57)60-11-4)47(56)44(34(7)9-2)52-45(55)41-25-18-20-27-53(41)29-26-50-49(58)61-31-39-37-23-16-14-21-35(37)36-22-15-17-24-38(36)39/h14-17,21-24,32-34,39,41-44H,8-13,18-20,25-31H2,1-7H3,(H,50,58)(H,52,55)/t34?,41-,42?,43?,44?/m1/s1. The Hall–Kier alpha value is -4.33. The molecule has 5 rings (SSSR count). The fourth-order valence-electron chi connectivity index (χ4n) is 8.92. The average molecular weight is 874 g/mol. The van der Waals surface area contributed by atoms with Crippen molar-refractivity contribution in [2.24, 2.45) is 11.8 Å². The van der Waals surface area contributed by atoms with E-state index in [0.717, 1.165) is 56.2 Å². The number of thiazole rings is 1. The number of alkyl carbamates (subject to hydrolysis) is 1. The normalized spacial score (nSPS) is 17.1. The van der Waals surface area contributed by atoms with E-state index in [1.807, 2.05) is 43.0 Å². The van der Waals surface area contributed by atoms with Crippen LogP contribution in [0.5, 0.6) is 0 Å². The van der Waals surface area contributed by atoms with Crippen LogP contribution in [0.4, 0.5) is 4.79 Å². The van der Waals surface area contributed by atoms with Gasteiger partial charge in [-0.15, -0.1) is 11.3 Å². The molecule has 13 heteroatoms. The number of nitrogens with zero attached hydrogens (tertiary/aromatic N) is 3. The predicted molar refractivity (Wildman–Crippen MR) is 245 cm³/mol. The lowest BCUT2D eigenvalue weighted by atomic mass is 9.91. The molecular weight excluding hydrogens is 803 g/mol. The second kappa shape index (κ2) is 24.5. The highest BCUT2D eigenvalue weighted by molar-refractivity contribution is 7.09. The van der Waals surface area contributed by atoms with E-state index in [-0.39, 0.29) is 54.5 Å². The van der Waals surface area contributed by atoms with Crippen molar-refractivity contribution in [3.63, 3.8) is 0 Å². The summed E-state index contributed by atoms with van der Waals surface area (Å²) in [4.78, 5) is 63.7. The van der Waals surface area contributed by atoms with Crippen LogP contribution in [0.1, 0.15) is 145 Å². The lowest BCUT2D eigenvalue weighted by molar-refractivity contribution is -0.143. The average Bonchev–Trinajstić information content (AvgIpc) is 3.90. The molecule has 0 radical (unpaired) electrons. The number of aromatic nitrogens is 1. The number of ether oxygens (including phenoxy) is 3. The highest BCUT2D eigenvalue weighted by atomic mass is 32.1. The molecule has 1 aromatic heterocycles. The summed E-state index contributed by atoms with van der Waals surface area (Å²) in [5.41, 5.74) is 4.94. The van der Waals surface area contributed by atoms with E-state index in [1.165, 1.54) is 22.5 Å². The Morgan fingerprint density at radius 3 is 2.26 bits per heavy atom. The third-order valence-electron chi connectivity index (χ3n) is 12.5. The Balaban J connectivity index is 1.25. The molecule has 2 aromatic carbocycles. The zero-order valence-corrected chi connectivity index (χ0v) is 39.0. The summed E-state index contributed by atoms with van der Waals surface area (Å²) < 4.78 is 17.3. The van der Waals surface area contributed by atoms with Crippen LogP contribution in [0.15, 0.2) is 53.9 Å². The van der Waals surface area contributed by atoms with Crippen LogP contribution in [0, 0.1) is 11.8 Å². The second-order valence-corrected chi connectivity index (χ2v) is 17.9. The van der Waals surface area contributed by atoms with E-state index in [2.05, 4.69) is 72.5 Å². The molecule has 1 aliphatic carbocycles. The number of unbranched alkanes of at least 4 members (excludes halogenated alkanes) is 3. The molecule has 12 nitrogen and oxygen atoms in total. The topological polar surface area (TPSA) is 139 Å². The summed E-state index contributed by atoms with van der Waals surface area (Å²) in [5.74, 6) is -0.763. The number of esters is 1. The monoisotopic (exact) mass is 874 g/mol. The minimum Gasteiger partial charge on any atom is -0.461 e. The van der Waals surface area contributed by atoms with Gasteiger partial charge in [-0.3, -0.25) is 14.5 Å². The Kier molecular flexibility index (Phi) is 19.2. The summed E-state index contributed by atoms with van der Waals surface area (Å²) in [6, 6.07) is 15.2. The molecule has 340 valence electrons. The van der Waals surface area contributed by atoms with Crippen molar-refractivity contribution in [1.82, 2.24) is 25.4 Å². The Labute approximate surface area is 373 Å². The number of carbonyl (C=O) groups excluding carboxylic acids is 4. The number of amides is 3. The highest BCUT2D eigenvalue weighted by Gasteiger charge is 2.39. The lowest BCUT2D eigenvalue weighted by Gasteiger charge is -2.40. The van der Waals surface area contributed by atoms with Gasteiger partial charge in [0, 0.05) is 50.0 Å². The first-order chi connectivity index (χ1) is 30.0. The van der Waals surface area contributed by atoms with Gasteiger partial charge in [-0.25, -0.2) is 14.6 Å². The third-order valence-corrected chi connectivity index (χ3v) is 13.5. The van der Waals surface area contributed by atoms with E-state index in [0.29, 0.717) is 50.5 Å². The first-order valence-corrected chi connectivity index (χ1v) is 24.1. The lowest BCUT2D eigenvalue weighted by Crippen LogP contribution is -2.59. The summed E-state index contributed by atoms with van der Waals surface area (Å²) in [6.07, 6.45) is 6.82. The van der Waals surface area contributed by atoms with Crippen molar-refractivity contribution in [2.45, 2.75) is 136 Å². The molecule has 62 heavy (non-hydrogen) atoms. The summed E-state index contributed by atoms with van der Waals surface area (Å²) in [7, 11) is 0. The SMILES string of the molecule is CCCCCCN(C(=O)C(NC(=O)[C@H]1CCCCN1CCNC(=O)OCC1c2ccccc2-c2ccccc21)C(C)CC)C(CC(OCC)c1nc(C(=O)OCC)cs1)C(C)C.